The molecule has 0 saturated carbocycles. The predicted molar refractivity (Wildman–Crippen MR) is 192 cm³/mol. The van der Waals surface area contributed by atoms with Crippen LogP contribution in [0.2, 0.25) is 10.0 Å². The second-order valence-electron chi connectivity index (χ2n) is 12.3. The van der Waals surface area contributed by atoms with Crippen molar-refractivity contribution >= 4 is 40.7 Å². The number of carbonyl (C=O) groups is 2. The first-order chi connectivity index (χ1) is 24.3. The number of nitrogens with zero attached hydrogens (tertiary/aromatic N) is 4. The predicted octanol–water partition coefficient (Wildman–Crippen LogP) is 5.23. The van der Waals surface area contributed by atoms with Crippen LogP contribution in [-0.2, 0) is 22.6 Å². The Bertz CT molecular complexity index is 1870. The van der Waals surface area contributed by atoms with Crippen LogP contribution < -0.4 is 25.4 Å². The number of likely N-dealkylation sites (tertiary alicyclic amines) is 1. The van der Waals surface area contributed by atoms with E-state index in [0.717, 1.165) is 37.2 Å². The summed E-state index contributed by atoms with van der Waals surface area (Å²) in [6.07, 6.45) is 4.57. The number of pyridine rings is 3. The molecule has 3 aromatic heterocycles. The second kappa shape index (κ2) is 16.1. The van der Waals surface area contributed by atoms with Crippen molar-refractivity contribution in [2.24, 2.45) is 5.92 Å². The first-order valence-electron chi connectivity index (χ1n) is 16.3. The molecule has 12 nitrogen and oxygen atoms in total. The van der Waals surface area contributed by atoms with Gasteiger partial charge in [-0.2, -0.15) is 0 Å². The van der Waals surface area contributed by atoms with Crippen LogP contribution in [0, 0.1) is 5.92 Å². The van der Waals surface area contributed by atoms with Crippen molar-refractivity contribution in [1.82, 2.24) is 30.5 Å². The molecule has 4 aromatic rings. The van der Waals surface area contributed by atoms with Crippen molar-refractivity contribution in [3.8, 4) is 34.1 Å². The van der Waals surface area contributed by atoms with Gasteiger partial charge in [-0.1, -0.05) is 41.4 Å². The minimum atomic E-state index is -0.416. The van der Waals surface area contributed by atoms with Crippen molar-refractivity contribution in [1.29, 1.82) is 0 Å². The van der Waals surface area contributed by atoms with E-state index < -0.39 is 5.91 Å². The van der Waals surface area contributed by atoms with Crippen molar-refractivity contribution < 1.29 is 23.8 Å². The van der Waals surface area contributed by atoms with Crippen LogP contribution in [0.3, 0.4) is 0 Å². The monoisotopic (exact) mass is 719 g/mol. The minimum Gasteiger partial charge on any atom is -0.495 e. The van der Waals surface area contributed by atoms with E-state index in [-0.39, 0.29) is 22.7 Å². The number of hydrogen-bond donors (Lipinski definition) is 3. The van der Waals surface area contributed by atoms with Gasteiger partial charge in [0, 0.05) is 86.7 Å². The van der Waals surface area contributed by atoms with Gasteiger partial charge in [0.15, 0.2) is 0 Å². The Morgan fingerprint density at radius 1 is 1.02 bits per heavy atom. The Labute approximate surface area is 300 Å². The molecule has 50 heavy (non-hydrogen) atoms. The molecule has 3 N–H and O–H groups in total. The molecule has 14 heteroatoms. The van der Waals surface area contributed by atoms with Gasteiger partial charge in [-0.05, 0) is 30.7 Å². The summed E-state index contributed by atoms with van der Waals surface area (Å²) in [7, 11) is 4.87. The van der Waals surface area contributed by atoms with Crippen LogP contribution >= 0.6 is 23.2 Å². The van der Waals surface area contributed by atoms with Crippen LogP contribution in [0.1, 0.15) is 34.5 Å². The summed E-state index contributed by atoms with van der Waals surface area (Å²) < 4.78 is 16.4. The number of aromatic nitrogens is 3. The summed E-state index contributed by atoms with van der Waals surface area (Å²) in [5.74, 6) is 1.24. The van der Waals surface area contributed by atoms with Crippen LogP contribution in [0.5, 0.6) is 11.6 Å². The molecular formula is C36H39Cl2N7O5. The maximum Gasteiger partial charge on any atom is 0.274 e. The van der Waals surface area contributed by atoms with E-state index >= 15 is 0 Å². The summed E-state index contributed by atoms with van der Waals surface area (Å²) >= 11 is 13.9. The zero-order chi connectivity index (χ0) is 35.2. The van der Waals surface area contributed by atoms with E-state index in [9.17, 15) is 9.59 Å². The van der Waals surface area contributed by atoms with Crippen LogP contribution in [0.25, 0.3) is 22.5 Å². The van der Waals surface area contributed by atoms with Crippen molar-refractivity contribution in [3.05, 3.63) is 81.7 Å². The highest BCUT2D eigenvalue weighted by Gasteiger charge is 2.28. The molecular weight excluding hydrogens is 681 g/mol. The van der Waals surface area contributed by atoms with Gasteiger partial charge >= 0.3 is 0 Å². The topological polar surface area (TPSA) is 140 Å². The van der Waals surface area contributed by atoms with Crippen molar-refractivity contribution in [2.45, 2.75) is 32.0 Å². The number of rotatable bonds is 14. The smallest absolute Gasteiger partial charge is 0.274 e. The van der Waals surface area contributed by atoms with Gasteiger partial charge in [0.25, 0.3) is 5.91 Å². The molecule has 262 valence electrons. The molecule has 2 amide bonds. The maximum absolute atomic E-state index is 13.4. The molecule has 0 aliphatic carbocycles. The Hall–Kier alpha value is -4.33. The Morgan fingerprint density at radius 2 is 1.86 bits per heavy atom. The molecule has 2 fully saturated rings. The third-order valence-electron chi connectivity index (χ3n) is 8.82. The highest BCUT2D eigenvalue weighted by atomic mass is 35.5. The van der Waals surface area contributed by atoms with Crippen molar-refractivity contribution in [2.75, 3.05) is 52.9 Å². The number of halogens is 2. The minimum absolute atomic E-state index is 0.0847. The number of benzene rings is 1. The normalized spacial score (nSPS) is 16.2. The molecule has 5 heterocycles. The van der Waals surface area contributed by atoms with Gasteiger partial charge in [0.2, 0.25) is 11.8 Å². The first-order valence-corrected chi connectivity index (χ1v) is 17.1. The SMILES string of the molecule is COCC1CN(Cc2cc(C(=O)Nc3cccc(-c4nccc(-c5ccc(CNC[C@@H]6CCC(=O)N6)c(OC)n5)c4Cl)c3Cl)ncc2OC)C1. The number of methoxy groups -OCH3 is 3. The van der Waals surface area contributed by atoms with E-state index in [1.807, 2.05) is 12.1 Å². The molecule has 2 saturated heterocycles. The number of nitrogens with one attached hydrogen (secondary N) is 3. The third-order valence-corrected chi connectivity index (χ3v) is 9.61. The molecule has 2 aliphatic rings. The fourth-order valence-corrected chi connectivity index (χ4v) is 6.85. The highest BCUT2D eigenvalue weighted by Crippen LogP contribution is 2.40. The number of ether oxygens (including phenoxy) is 3. The Morgan fingerprint density at radius 3 is 2.60 bits per heavy atom. The van der Waals surface area contributed by atoms with Crippen LogP contribution in [-0.4, -0.2) is 85.3 Å². The largest absolute Gasteiger partial charge is 0.495 e. The lowest BCUT2D eigenvalue weighted by atomic mass is 10.00. The number of amides is 2. The quantitative estimate of drug-likeness (QED) is 0.159. The lowest BCUT2D eigenvalue weighted by molar-refractivity contribution is -0.119. The Balaban J connectivity index is 1.18. The van der Waals surface area contributed by atoms with Gasteiger partial charge in [-0.25, -0.2) is 9.97 Å². The van der Waals surface area contributed by atoms with Gasteiger partial charge < -0.3 is 30.2 Å². The van der Waals surface area contributed by atoms with Gasteiger partial charge in [-0.15, -0.1) is 0 Å². The lowest BCUT2D eigenvalue weighted by Crippen LogP contribution is -2.47. The van der Waals surface area contributed by atoms with Crippen LogP contribution in [0.15, 0.2) is 54.9 Å². The van der Waals surface area contributed by atoms with Crippen LogP contribution in [0.4, 0.5) is 5.69 Å². The molecule has 0 spiro atoms. The standard InChI is InChI=1S/C36H39Cl2N7O5/c1-48-20-21-17-45(18-21)19-23-13-29(41-16-30(23)49-2)35(47)43-28-6-4-5-26(32(28)37)34-33(38)25(11-12-40-34)27-9-7-22(36(44-27)50-3)14-39-15-24-8-10-31(46)42-24/h4-7,9,11-13,16,21,24,39H,8,10,14-15,17-20H2,1-3H3,(H,42,46)(H,43,47)/t24-/m0/s1. The summed E-state index contributed by atoms with van der Waals surface area (Å²) in [4.78, 5) is 40.8. The molecule has 1 atom stereocenters. The average Bonchev–Trinajstić information content (AvgIpc) is 3.53. The number of hydrogen-bond acceptors (Lipinski definition) is 10. The fourth-order valence-electron chi connectivity index (χ4n) is 6.27. The first kappa shape index (κ1) is 35.5. The van der Waals surface area contributed by atoms with E-state index in [2.05, 4.69) is 30.8 Å². The zero-order valence-corrected chi connectivity index (χ0v) is 29.6. The van der Waals surface area contributed by atoms with Gasteiger partial charge in [-0.3, -0.25) is 19.5 Å². The Kier molecular flexibility index (Phi) is 11.5. The molecule has 6 rings (SSSR count). The summed E-state index contributed by atoms with van der Waals surface area (Å²) in [5.41, 5.74) is 4.55. The van der Waals surface area contributed by atoms with E-state index in [4.69, 9.17) is 42.4 Å². The van der Waals surface area contributed by atoms with Gasteiger partial charge in [0.05, 0.1) is 54.1 Å². The molecule has 0 unspecified atom stereocenters. The molecule has 0 bridgehead atoms. The number of anilines is 1. The van der Waals surface area contributed by atoms with Crippen molar-refractivity contribution in [3.63, 3.8) is 0 Å². The average molecular weight is 721 g/mol. The molecule has 2 aliphatic heterocycles. The van der Waals surface area contributed by atoms with E-state index in [0.29, 0.717) is 76.8 Å². The van der Waals surface area contributed by atoms with E-state index in [1.54, 1.807) is 64.1 Å². The third kappa shape index (κ3) is 8.00. The van der Waals surface area contributed by atoms with E-state index in [1.165, 1.54) is 0 Å². The summed E-state index contributed by atoms with van der Waals surface area (Å²) in [6.45, 7) is 4.36. The maximum atomic E-state index is 13.4. The second-order valence-corrected chi connectivity index (χ2v) is 13.1. The zero-order valence-electron chi connectivity index (χ0n) is 28.1. The highest BCUT2D eigenvalue weighted by molar-refractivity contribution is 6.39. The summed E-state index contributed by atoms with van der Waals surface area (Å²) in [5, 5.41) is 9.84. The lowest BCUT2D eigenvalue weighted by Gasteiger charge is -2.39. The number of carbonyl (C=O) groups excluding carboxylic acids is 2. The molecule has 0 radical (unpaired) electrons. The molecule has 1 aromatic carbocycles. The van der Waals surface area contributed by atoms with Gasteiger partial charge in [0.1, 0.15) is 11.4 Å². The fraction of sp³-hybridized carbons (Fsp3) is 0.361. The summed E-state index contributed by atoms with van der Waals surface area (Å²) in [6, 6.07) is 12.7.